The van der Waals surface area contributed by atoms with Crippen molar-refractivity contribution in [2.45, 2.75) is 26.3 Å². The van der Waals surface area contributed by atoms with E-state index in [1.165, 1.54) is 0 Å². The van der Waals surface area contributed by atoms with Gasteiger partial charge in [-0.2, -0.15) is 4.98 Å². The molecule has 0 bridgehead atoms. The minimum absolute atomic E-state index is 0.0403. The van der Waals surface area contributed by atoms with Crippen molar-refractivity contribution in [1.29, 1.82) is 0 Å². The molecule has 1 heterocycles. The van der Waals surface area contributed by atoms with E-state index < -0.39 is 11.6 Å². The lowest BCUT2D eigenvalue weighted by Crippen LogP contribution is -2.42. The van der Waals surface area contributed by atoms with E-state index in [1.807, 2.05) is 20.8 Å². The summed E-state index contributed by atoms with van der Waals surface area (Å²) < 4.78 is 4.87. The first-order valence-corrected chi connectivity index (χ1v) is 5.63. The molecule has 0 radical (unpaired) electrons. The molecule has 5 nitrogen and oxygen atoms in total. The van der Waals surface area contributed by atoms with Gasteiger partial charge in [0, 0.05) is 5.54 Å². The highest BCUT2D eigenvalue weighted by Crippen LogP contribution is 2.27. The second kappa shape index (κ2) is 4.80. The van der Waals surface area contributed by atoms with Crippen LogP contribution in [0, 0.1) is 0 Å². The van der Waals surface area contributed by atoms with Crippen molar-refractivity contribution in [3.63, 3.8) is 0 Å². The van der Waals surface area contributed by atoms with Gasteiger partial charge in [-0.05, 0) is 20.8 Å². The first-order chi connectivity index (χ1) is 7.31. The Labute approximate surface area is 102 Å². The molecular formula is C9H11ClN2O3S. The van der Waals surface area contributed by atoms with E-state index in [2.05, 4.69) is 10.3 Å². The average Bonchev–Trinajstić information content (AvgIpc) is 2.42. The van der Waals surface area contributed by atoms with E-state index in [4.69, 9.17) is 16.3 Å². The number of nitrogens with zero attached hydrogens (tertiary/aromatic N) is 1. The van der Waals surface area contributed by atoms with Crippen LogP contribution in [0.5, 0.6) is 5.19 Å². The van der Waals surface area contributed by atoms with Gasteiger partial charge in [0.2, 0.25) is 0 Å². The second-order valence-electron chi connectivity index (χ2n) is 4.02. The van der Waals surface area contributed by atoms with E-state index in [9.17, 15) is 9.59 Å². The van der Waals surface area contributed by atoms with Gasteiger partial charge in [-0.25, -0.2) is 4.79 Å². The molecule has 7 heteroatoms. The fourth-order valence-electron chi connectivity index (χ4n) is 0.822. The van der Waals surface area contributed by atoms with Crippen molar-refractivity contribution in [3.8, 4) is 5.19 Å². The highest BCUT2D eigenvalue weighted by molar-refractivity contribution is 7.15. The summed E-state index contributed by atoms with van der Waals surface area (Å²) in [4.78, 5) is 25.8. The molecule has 0 aliphatic heterocycles. The molecule has 1 aromatic rings. The first-order valence-electron chi connectivity index (χ1n) is 4.43. The fraction of sp³-hybridized carbons (Fsp3) is 0.444. The molecule has 0 aliphatic carbocycles. The van der Waals surface area contributed by atoms with Gasteiger partial charge in [-0.3, -0.25) is 4.79 Å². The van der Waals surface area contributed by atoms with Gasteiger partial charge in [0.1, 0.15) is 4.88 Å². The van der Waals surface area contributed by atoms with Crippen LogP contribution in [0.25, 0.3) is 0 Å². The summed E-state index contributed by atoms with van der Waals surface area (Å²) in [6.07, 6.45) is -0.0653. The summed E-state index contributed by atoms with van der Waals surface area (Å²) in [7, 11) is 0. The molecule has 0 unspecified atom stereocenters. The Balaban J connectivity index is 2.66. The quantitative estimate of drug-likeness (QED) is 0.832. The Hall–Kier alpha value is -1.14. The highest BCUT2D eigenvalue weighted by atomic mass is 35.5. The molecule has 0 aliphatic rings. The van der Waals surface area contributed by atoms with Crippen LogP contribution in [0.3, 0.4) is 0 Å². The Kier molecular flexibility index (Phi) is 3.88. The SMILES string of the molecule is CC(C)(C)NC(=O)Oc1nc(Cl)c(C=O)s1. The predicted molar refractivity (Wildman–Crippen MR) is 61.4 cm³/mol. The number of aromatic nitrogens is 1. The van der Waals surface area contributed by atoms with Crippen LogP contribution in [0.15, 0.2) is 0 Å². The number of thiazole rings is 1. The van der Waals surface area contributed by atoms with Gasteiger partial charge in [-0.15, -0.1) is 0 Å². The molecule has 0 spiro atoms. The average molecular weight is 263 g/mol. The molecule has 1 amide bonds. The number of nitrogens with one attached hydrogen (secondary N) is 1. The van der Waals surface area contributed by atoms with Crippen LogP contribution in [-0.2, 0) is 0 Å². The summed E-state index contributed by atoms with van der Waals surface area (Å²) in [6, 6.07) is 0. The molecule has 16 heavy (non-hydrogen) atoms. The summed E-state index contributed by atoms with van der Waals surface area (Å²) in [5.74, 6) is 0. The lowest BCUT2D eigenvalue weighted by atomic mass is 10.1. The zero-order valence-corrected chi connectivity index (χ0v) is 10.6. The largest absolute Gasteiger partial charge is 0.414 e. The first kappa shape index (κ1) is 12.9. The third kappa shape index (κ3) is 3.79. The summed E-state index contributed by atoms with van der Waals surface area (Å²) in [5, 5.41) is 2.68. The summed E-state index contributed by atoms with van der Waals surface area (Å²) >= 11 is 6.54. The molecule has 1 aromatic heterocycles. The summed E-state index contributed by atoms with van der Waals surface area (Å²) in [5.41, 5.74) is -0.397. The fourth-order valence-corrected chi connectivity index (χ4v) is 1.73. The number of hydrogen-bond acceptors (Lipinski definition) is 5. The molecule has 1 N–H and O–H groups in total. The maximum Gasteiger partial charge on any atom is 0.414 e. The summed E-state index contributed by atoms with van der Waals surface area (Å²) in [6.45, 7) is 5.46. The third-order valence-corrected chi connectivity index (χ3v) is 2.61. The number of carbonyl (C=O) groups is 2. The van der Waals surface area contributed by atoms with Gasteiger partial charge in [0.15, 0.2) is 11.4 Å². The number of aldehydes is 1. The van der Waals surface area contributed by atoms with Crippen molar-refractivity contribution in [2.75, 3.05) is 0 Å². The number of hydrogen-bond donors (Lipinski definition) is 1. The molecule has 0 atom stereocenters. The van der Waals surface area contributed by atoms with E-state index in [0.717, 1.165) is 11.3 Å². The van der Waals surface area contributed by atoms with E-state index in [-0.39, 0.29) is 15.2 Å². The van der Waals surface area contributed by atoms with Crippen LogP contribution in [0.1, 0.15) is 30.4 Å². The van der Waals surface area contributed by atoms with Crippen molar-refractivity contribution >= 4 is 35.3 Å². The van der Waals surface area contributed by atoms with Crippen LogP contribution >= 0.6 is 22.9 Å². The molecule has 1 rings (SSSR count). The van der Waals surface area contributed by atoms with Crippen LogP contribution in [0.2, 0.25) is 5.15 Å². The Morgan fingerprint density at radius 3 is 2.62 bits per heavy atom. The van der Waals surface area contributed by atoms with Gasteiger partial charge in [0.05, 0.1) is 0 Å². The molecule has 0 saturated carbocycles. The van der Waals surface area contributed by atoms with Crippen LogP contribution < -0.4 is 10.1 Å². The van der Waals surface area contributed by atoms with Gasteiger partial charge in [-0.1, -0.05) is 22.9 Å². The van der Waals surface area contributed by atoms with Gasteiger partial charge < -0.3 is 10.1 Å². The predicted octanol–water partition coefficient (Wildman–Crippen LogP) is 2.50. The van der Waals surface area contributed by atoms with Crippen molar-refractivity contribution in [3.05, 3.63) is 10.0 Å². The molecule has 0 aromatic carbocycles. The zero-order chi connectivity index (χ0) is 12.3. The normalized spacial score (nSPS) is 11.0. The Bertz CT molecular complexity index is 411. The van der Waals surface area contributed by atoms with Crippen LogP contribution in [0.4, 0.5) is 4.79 Å². The minimum atomic E-state index is -0.629. The number of carbonyl (C=O) groups excluding carboxylic acids is 2. The van der Waals surface area contributed by atoms with E-state index in [1.54, 1.807) is 0 Å². The van der Waals surface area contributed by atoms with Crippen molar-refractivity contribution in [2.24, 2.45) is 0 Å². The monoisotopic (exact) mass is 262 g/mol. The number of halogens is 1. The number of ether oxygens (including phenoxy) is 1. The molecule has 88 valence electrons. The Morgan fingerprint density at radius 2 is 2.19 bits per heavy atom. The Morgan fingerprint density at radius 1 is 1.56 bits per heavy atom. The second-order valence-corrected chi connectivity index (χ2v) is 5.37. The van der Waals surface area contributed by atoms with Gasteiger partial charge >= 0.3 is 6.09 Å². The van der Waals surface area contributed by atoms with E-state index in [0.29, 0.717) is 6.29 Å². The van der Waals surface area contributed by atoms with Gasteiger partial charge in [0.25, 0.3) is 5.19 Å². The maximum absolute atomic E-state index is 11.3. The maximum atomic E-state index is 11.3. The number of amides is 1. The lowest BCUT2D eigenvalue weighted by molar-refractivity contribution is 0.112. The standard InChI is InChI=1S/C9H11ClN2O3S/c1-9(2,3)12-7(14)15-8-11-6(10)5(4-13)16-8/h4H,1-3H3,(H,12,14). The minimum Gasteiger partial charge on any atom is -0.381 e. The van der Waals surface area contributed by atoms with Crippen LogP contribution in [-0.4, -0.2) is 22.9 Å². The third-order valence-electron chi connectivity index (χ3n) is 1.35. The van der Waals surface area contributed by atoms with Crippen molar-refractivity contribution < 1.29 is 14.3 Å². The molecular weight excluding hydrogens is 252 g/mol. The van der Waals surface area contributed by atoms with E-state index >= 15 is 0 Å². The highest BCUT2D eigenvalue weighted by Gasteiger charge is 2.17. The smallest absolute Gasteiger partial charge is 0.381 e. The lowest BCUT2D eigenvalue weighted by Gasteiger charge is -2.18. The molecule has 0 saturated heterocycles. The zero-order valence-electron chi connectivity index (χ0n) is 9.04. The van der Waals surface area contributed by atoms with Crippen molar-refractivity contribution in [1.82, 2.24) is 10.3 Å². The topological polar surface area (TPSA) is 68.3 Å². The molecule has 0 fully saturated rings. The number of rotatable bonds is 2.